The average molecular weight is 268 g/mol. The van der Waals surface area contributed by atoms with E-state index >= 15 is 0 Å². The van der Waals surface area contributed by atoms with Crippen LogP contribution in [0.5, 0.6) is 0 Å². The van der Waals surface area contributed by atoms with Crippen molar-refractivity contribution >= 4 is 17.3 Å². The number of aromatic nitrogens is 3. The molecule has 0 saturated carbocycles. The van der Waals surface area contributed by atoms with E-state index in [0.717, 1.165) is 5.65 Å². The molecule has 20 heavy (non-hydrogen) atoms. The minimum atomic E-state index is 0.585. The van der Waals surface area contributed by atoms with Crippen LogP contribution in [0.2, 0.25) is 0 Å². The Morgan fingerprint density at radius 3 is 3.05 bits per heavy atom. The van der Waals surface area contributed by atoms with Gasteiger partial charge < -0.3 is 15.1 Å². The number of rotatable bonds is 4. The second kappa shape index (κ2) is 5.18. The van der Waals surface area contributed by atoms with Gasteiger partial charge in [-0.25, -0.2) is 15.8 Å². The lowest BCUT2D eigenvalue weighted by Crippen LogP contribution is -2.12. The molecule has 0 bridgehead atoms. The predicted molar refractivity (Wildman–Crippen MR) is 79.3 cm³/mol. The molecule has 0 spiro atoms. The van der Waals surface area contributed by atoms with E-state index < -0.39 is 0 Å². The Balaban J connectivity index is 1.88. The molecule has 6 heteroatoms. The smallest absolute Gasteiger partial charge is 0.180 e. The van der Waals surface area contributed by atoms with Crippen LogP contribution in [0.3, 0.4) is 0 Å². The number of hydrogen-bond donors (Lipinski definition) is 3. The number of fused-ring (bicyclic) bond motifs is 1. The van der Waals surface area contributed by atoms with Gasteiger partial charge in [0.25, 0.3) is 0 Å². The lowest BCUT2D eigenvalue weighted by molar-refractivity contribution is 1.06. The summed E-state index contributed by atoms with van der Waals surface area (Å²) in [6, 6.07) is 8.34. The molecule has 0 atom stereocenters. The number of nitrogen functional groups attached to an aromatic ring is 1. The molecule has 0 amide bonds. The van der Waals surface area contributed by atoms with E-state index in [2.05, 4.69) is 45.8 Å². The molecular weight excluding hydrogens is 252 g/mol. The molecule has 0 aliphatic heterocycles. The fourth-order valence-electron chi connectivity index (χ4n) is 2.13. The number of benzene rings is 1. The van der Waals surface area contributed by atoms with Crippen LogP contribution in [-0.4, -0.2) is 14.4 Å². The van der Waals surface area contributed by atoms with Gasteiger partial charge in [-0.05, 0) is 12.5 Å². The molecule has 102 valence electrons. The van der Waals surface area contributed by atoms with E-state index in [1.165, 1.54) is 11.1 Å². The van der Waals surface area contributed by atoms with E-state index in [9.17, 15) is 0 Å². The molecule has 0 saturated heterocycles. The summed E-state index contributed by atoms with van der Waals surface area (Å²) in [5.74, 6) is 6.72. The lowest BCUT2D eigenvalue weighted by atomic mass is 10.1. The van der Waals surface area contributed by atoms with Crippen molar-refractivity contribution in [1.82, 2.24) is 14.4 Å². The van der Waals surface area contributed by atoms with Gasteiger partial charge in [0.15, 0.2) is 17.3 Å². The zero-order valence-corrected chi connectivity index (χ0v) is 11.2. The summed E-state index contributed by atoms with van der Waals surface area (Å²) >= 11 is 0. The van der Waals surface area contributed by atoms with Crippen molar-refractivity contribution in [1.29, 1.82) is 0 Å². The molecular formula is C14H16N6. The van der Waals surface area contributed by atoms with Crippen molar-refractivity contribution in [3.63, 3.8) is 0 Å². The van der Waals surface area contributed by atoms with Crippen molar-refractivity contribution in [3.05, 3.63) is 54.0 Å². The maximum atomic E-state index is 5.43. The zero-order valence-electron chi connectivity index (χ0n) is 11.2. The molecule has 0 fully saturated rings. The Bertz CT molecular complexity index is 733. The number of anilines is 2. The monoisotopic (exact) mass is 268 g/mol. The first-order valence-corrected chi connectivity index (χ1v) is 6.36. The van der Waals surface area contributed by atoms with Crippen LogP contribution < -0.4 is 16.6 Å². The molecule has 4 N–H and O–H groups in total. The summed E-state index contributed by atoms with van der Waals surface area (Å²) in [4.78, 5) is 8.69. The van der Waals surface area contributed by atoms with E-state index in [0.29, 0.717) is 18.2 Å². The van der Waals surface area contributed by atoms with Crippen molar-refractivity contribution in [2.24, 2.45) is 5.84 Å². The van der Waals surface area contributed by atoms with Gasteiger partial charge in [-0.2, -0.15) is 0 Å². The van der Waals surface area contributed by atoms with Gasteiger partial charge in [0.1, 0.15) is 0 Å². The number of nitrogens with one attached hydrogen (secondary N) is 2. The minimum absolute atomic E-state index is 0.585. The molecule has 1 aromatic carbocycles. The Morgan fingerprint density at radius 1 is 1.35 bits per heavy atom. The molecule has 0 radical (unpaired) electrons. The maximum absolute atomic E-state index is 5.43. The van der Waals surface area contributed by atoms with Crippen LogP contribution in [0, 0.1) is 6.92 Å². The van der Waals surface area contributed by atoms with Gasteiger partial charge in [-0.3, -0.25) is 0 Å². The Morgan fingerprint density at radius 2 is 2.25 bits per heavy atom. The normalized spacial score (nSPS) is 10.7. The van der Waals surface area contributed by atoms with E-state index in [1.54, 1.807) is 12.4 Å². The largest absolute Gasteiger partial charge is 0.363 e. The molecule has 0 unspecified atom stereocenters. The summed E-state index contributed by atoms with van der Waals surface area (Å²) in [6.45, 7) is 2.76. The topological polar surface area (TPSA) is 80.3 Å². The van der Waals surface area contributed by atoms with Crippen molar-refractivity contribution in [2.45, 2.75) is 13.5 Å². The number of aryl methyl sites for hydroxylation is 1. The van der Waals surface area contributed by atoms with E-state index in [4.69, 9.17) is 5.84 Å². The van der Waals surface area contributed by atoms with Crippen LogP contribution in [0.15, 0.2) is 42.9 Å². The highest BCUT2D eigenvalue weighted by Gasteiger charge is 2.06. The van der Waals surface area contributed by atoms with Crippen molar-refractivity contribution in [3.8, 4) is 0 Å². The Labute approximate surface area is 116 Å². The molecule has 3 aromatic rings. The highest BCUT2D eigenvalue weighted by atomic mass is 15.3. The predicted octanol–water partition coefficient (Wildman–Crippen LogP) is 1.94. The molecule has 2 aromatic heterocycles. The molecule has 0 aliphatic rings. The first kappa shape index (κ1) is 12.4. The van der Waals surface area contributed by atoms with Crippen LogP contribution in [0.4, 0.5) is 11.6 Å². The van der Waals surface area contributed by atoms with E-state index in [1.807, 2.05) is 16.7 Å². The molecule has 3 rings (SSSR count). The summed E-state index contributed by atoms with van der Waals surface area (Å²) in [6.07, 6.45) is 5.38. The number of imidazole rings is 1. The summed E-state index contributed by atoms with van der Waals surface area (Å²) in [7, 11) is 0. The van der Waals surface area contributed by atoms with Gasteiger partial charge in [-0.15, -0.1) is 0 Å². The molecule has 2 heterocycles. The first-order chi connectivity index (χ1) is 9.76. The quantitative estimate of drug-likeness (QED) is 0.497. The summed E-state index contributed by atoms with van der Waals surface area (Å²) in [5, 5.41) is 3.30. The summed E-state index contributed by atoms with van der Waals surface area (Å²) < 4.78 is 1.88. The Hall–Kier alpha value is -2.60. The van der Waals surface area contributed by atoms with Gasteiger partial charge in [0, 0.05) is 18.9 Å². The number of nitrogens with two attached hydrogens (primary N) is 1. The van der Waals surface area contributed by atoms with Gasteiger partial charge in [-0.1, -0.05) is 29.8 Å². The second-order valence-electron chi connectivity index (χ2n) is 4.62. The first-order valence-electron chi connectivity index (χ1n) is 6.36. The van der Waals surface area contributed by atoms with Gasteiger partial charge >= 0.3 is 0 Å². The Kier molecular flexibility index (Phi) is 3.22. The fraction of sp³-hybridized carbons (Fsp3) is 0.143. The number of hydrogen-bond acceptors (Lipinski definition) is 5. The van der Waals surface area contributed by atoms with Crippen LogP contribution in [0.25, 0.3) is 5.65 Å². The summed E-state index contributed by atoms with van der Waals surface area (Å²) in [5.41, 5.74) is 5.77. The highest BCUT2D eigenvalue weighted by molar-refractivity contribution is 5.65. The lowest BCUT2D eigenvalue weighted by Gasteiger charge is -2.09. The third-order valence-corrected chi connectivity index (χ3v) is 3.06. The fourth-order valence-corrected chi connectivity index (χ4v) is 2.13. The standard InChI is InChI=1S/C14H16N6/c1-10-3-2-4-11(7-10)8-17-13-14-16-5-6-20(14)9-12(18-13)19-15/h2-7,9,19H,8,15H2,1H3,(H,17,18). The maximum Gasteiger partial charge on any atom is 0.180 e. The SMILES string of the molecule is Cc1cccc(CNc2nc(NN)cn3ccnc23)c1. The van der Waals surface area contributed by atoms with Crippen molar-refractivity contribution < 1.29 is 0 Å². The van der Waals surface area contributed by atoms with E-state index in [-0.39, 0.29) is 0 Å². The zero-order chi connectivity index (χ0) is 13.9. The van der Waals surface area contributed by atoms with Crippen molar-refractivity contribution in [2.75, 3.05) is 10.7 Å². The molecule has 6 nitrogen and oxygen atoms in total. The van der Waals surface area contributed by atoms with Crippen LogP contribution in [-0.2, 0) is 6.54 Å². The van der Waals surface area contributed by atoms with Gasteiger partial charge in [0.05, 0.1) is 6.20 Å². The highest BCUT2D eigenvalue weighted by Crippen LogP contribution is 2.17. The third-order valence-electron chi connectivity index (χ3n) is 3.06. The number of hydrazine groups is 1. The second-order valence-corrected chi connectivity index (χ2v) is 4.62. The average Bonchev–Trinajstić information content (AvgIpc) is 2.93. The number of nitrogens with zero attached hydrogens (tertiary/aromatic N) is 3. The van der Waals surface area contributed by atoms with Crippen LogP contribution in [0.1, 0.15) is 11.1 Å². The van der Waals surface area contributed by atoms with Crippen LogP contribution >= 0.6 is 0 Å². The minimum Gasteiger partial charge on any atom is -0.363 e. The molecule has 0 aliphatic carbocycles. The van der Waals surface area contributed by atoms with Gasteiger partial charge in [0.2, 0.25) is 0 Å². The third kappa shape index (κ3) is 2.41.